The molecule has 0 aliphatic heterocycles. The van der Waals surface area contributed by atoms with Gasteiger partial charge in [-0.05, 0) is 6.42 Å². The highest BCUT2D eigenvalue weighted by Gasteiger charge is 2.50. The molecule has 0 atom stereocenters. The summed E-state index contributed by atoms with van der Waals surface area (Å²) in [4.78, 5) is 27.4. The Labute approximate surface area is 155 Å². The smallest absolute Gasteiger partial charge is 0.177 e. The van der Waals surface area contributed by atoms with Gasteiger partial charge in [-0.25, -0.2) is 0 Å². The van der Waals surface area contributed by atoms with Gasteiger partial charge in [-0.1, -0.05) is 105 Å². The summed E-state index contributed by atoms with van der Waals surface area (Å²) in [6.45, 7) is 2.09. The van der Waals surface area contributed by atoms with Crippen LogP contribution in [0.4, 0.5) is 0 Å². The number of ketones is 2. The number of unbranched alkanes of at least 4 members (excludes halogenated alkanes) is 1. The molecule has 0 amide bonds. The Morgan fingerprint density at radius 3 is 1.69 bits per heavy atom. The van der Waals surface area contributed by atoms with E-state index in [4.69, 9.17) is 0 Å². The molecule has 1 aliphatic carbocycles. The summed E-state index contributed by atoms with van der Waals surface area (Å²) in [5.41, 5.74) is 0.102. The van der Waals surface area contributed by atoms with Crippen LogP contribution in [-0.2, 0) is 0 Å². The molecule has 2 aromatic carbocycles. The summed E-state index contributed by atoms with van der Waals surface area (Å²) in [5.74, 6) is -0.377. The lowest BCUT2D eigenvalue weighted by atomic mass is 9.63. The van der Waals surface area contributed by atoms with Crippen molar-refractivity contribution < 1.29 is 9.59 Å². The number of rotatable bonds is 8. The zero-order chi connectivity index (χ0) is 18.4. The molecule has 0 bridgehead atoms. The fourth-order valence-electron chi connectivity index (χ4n) is 3.71. The number of Topliss-reactive ketones (excluding diaryl/α,β-unsaturated/α-hetero) is 2. The Morgan fingerprint density at radius 1 is 0.808 bits per heavy atom. The van der Waals surface area contributed by atoms with Gasteiger partial charge in [0.1, 0.15) is 5.41 Å². The topological polar surface area (TPSA) is 34.1 Å². The molecule has 2 heteroatoms. The standard InChI is InChI=1S/C24H24O2/c1-2-3-18-24(21-16-10-11-17-21,22(25)19-12-6-4-7-13-19)23(26)20-14-8-5-9-15-20/h4-17,21H,2-3,18H2,1H3. The number of carbonyl (C=O) groups is 2. The third-order valence-corrected chi connectivity index (χ3v) is 5.12. The predicted molar refractivity (Wildman–Crippen MR) is 105 cm³/mol. The van der Waals surface area contributed by atoms with Crippen molar-refractivity contribution in [2.24, 2.45) is 11.3 Å². The monoisotopic (exact) mass is 344 g/mol. The van der Waals surface area contributed by atoms with Crippen LogP contribution in [0.1, 0.15) is 46.9 Å². The van der Waals surface area contributed by atoms with Crippen LogP contribution in [0.5, 0.6) is 0 Å². The molecule has 0 fully saturated rings. The van der Waals surface area contributed by atoms with E-state index in [1.54, 1.807) is 0 Å². The van der Waals surface area contributed by atoms with E-state index < -0.39 is 5.41 Å². The number of allylic oxidation sites excluding steroid dienone is 4. The van der Waals surface area contributed by atoms with Gasteiger partial charge in [0.2, 0.25) is 0 Å². The minimum atomic E-state index is -1.10. The van der Waals surface area contributed by atoms with Crippen LogP contribution in [0.25, 0.3) is 0 Å². The lowest BCUT2D eigenvalue weighted by Crippen LogP contribution is -2.44. The normalized spacial score (nSPS) is 13.9. The van der Waals surface area contributed by atoms with Gasteiger partial charge >= 0.3 is 0 Å². The molecular formula is C24H24O2. The Kier molecular flexibility index (Phi) is 5.62. The minimum absolute atomic E-state index is 0.0818. The van der Waals surface area contributed by atoms with Crippen LogP contribution in [0.15, 0.2) is 85.0 Å². The number of benzene rings is 2. The molecule has 0 radical (unpaired) electrons. The van der Waals surface area contributed by atoms with Crippen LogP contribution in [0.2, 0.25) is 0 Å². The molecule has 26 heavy (non-hydrogen) atoms. The van der Waals surface area contributed by atoms with Crippen molar-refractivity contribution in [3.63, 3.8) is 0 Å². The molecule has 1 aliphatic rings. The highest BCUT2D eigenvalue weighted by Crippen LogP contribution is 2.43. The van der Waals surface area contributed by atoms with E-state index in [-0.39, 0.29) is 17.5 Å². The number of hydrogen-bond acceptors (Lipinski definition) is 2. The molecule has 0 spiro atoms. The summed E-state index contributed by atoms with van der Waals surface area (Å²) in [5, 5.41) is 0. The molecular weight excluding hydrogens is 320 g/mol. The first-order chi connectivity index (χ1) is 12.7. The second-order valence-corrected chi connectivity index (χ2v) is 6.76. The van der Waals surface area contributed by atoms with Gasteiger partial charge in [0.15, 0.2) is 11.6 Å². The summed E-state index contributed by atoms with van der Waals surface area (Å²) >= 11 is 0. The Bertz CT molecular complexity index is 752. The third kappa shape index (κ3) is 3.32. The van der Waals surface area contributed by atoms with Crippen molar-refractivity contribution in [2.75, 3.05) is 0 Å². The van der Waals surface area contributed by atoms with Crippen LogP contribution in [-0.4, -0.2) is 11.6 Å². The lowest BCUT2D eigenvalue weighted by molar-refractivity contribution is 0.0597. The summed E-state index contributed by atoms with van der Waals surface area (Å²) < 4.78 is 0. The quantitative estimate of drug-likeness (QED) is 0.456. The summed E-state index contributed by atoms with van der Waals surface area (Å²) in [6.07, 6.45) is 10.1. The number of carbonyl (C=O) groups excluding carboxylic acids is 2. The van der Waals surface area contributed by atoms with Gasteiger partial charge in [-0.2, -0.15) is 0 Å². The molecule has 0 unspecified atom stereocenters. The van der Waals surface area contributed by atoms with E-state index in [9.17, 15) is 9.59 Å². The third-order valence-electron chi connectivity index (χ3n) is 5.12. The first kappa shape index (κ1) is 18.1. The highest BCUT2D eigenvalue weighted by atomic mass is 16.2. The van der Waals surface area contributed by atoms with Gasteiger partial charge in [0.05, 0.1) is 0 Å². The second-order valence-electron chi connectivity index (χ2n) is 6.76. The molecule has 3 rings (SSSR count). The molecule has 0 N–H and O–H groups in total. The first-order valence-electron chi connectivity index (χ1n) is 9.25. The van der Waals surface area contributed by atoms with Crippen molar-refractivity contribution in [1.82, 2.24) is 0 Å². The maximum Gasteiger partial charge on any atom is 0.177 e. The summed E-state index contributed by atoms with van der Waals surface area (Å²) in [7, 11) is 0. The molecule has 0 saturated heterocycles. The Morgan fingerprint density at radius 2 is 1.27 bits per heavy atom. The van der Waals surface area contributed by atoms with Crippen molar-refractivity contribution in [3.8, 4) is 0 Å². The van der Waals surface area contributed by atoms with Crippen molar-refractivity contribution >= 4 is 11.6 Å². The van der Waals surface area contributed by atoms with Gasteiger partial charge in [-0.15, -0.1) is 0 Å². The highest BCUT2D eigenvalue weighted by molar-refractivity contribution is 6.20. The number of hydrogen-bond donors (Lipinski definition) is 0. The fourth-order valence-corrected chi connectivity index (χ4v) is 3.71. The molecule has 2 nitrogen and oxygen atoms in total. The zero-order valence-corrected chi connectivity index (χ0v) is 15.1. The largest absolute Gasteiger partial charge is 0.293 e. The van der Waals surface area contributed by atoms with Crippen LogP contribution >= 0.6 is 0 Å². The average molecular weight is 344 g/mol. The van der Waals surface area contributed by atoms with Gasteiger partial charge in [-0.3, -0.25) is 9.59 Å². The van der Waals surface area contributed by atoms with E-state index >= 15 is 0 Å². The Hall–Kier alpha value is -2.74. The van der Waals surface area contributed by atoms with Crippen molar-refractivity contribution in [3.05, 3.63) is 96.1 Å². The zero-order valence-electron chi connectivity index (χ0n) is 15.1. The maximum atomic E-state index is 13.7. The molecule has 2 aromatic rings. The van der Waals surface area contributed by atoms with Gasteiger partial charge in [0, 0.05) is 17.0 Å². The van der Waals surface area contributed by atoms with Gasteiger partial charge in [0.25, 0.3) is 0 Å². The predicted octanol–water partition coefficient (Wildman–Crippen LogP) is 5.67. The van der Waals surface area contributed by atoms with E-state index in [0.717, 1.165) is 12.8 Å². The lowest BCUT2D eigenvalue weighted by Gasteiger charge is -2.35. The van der Waals surface area contributed by atoms with Crippen LogP contribution < -0.4 is 0 Å². The van der Waals surface area contributed by atoms with Crippen LogP contribution in [0, 0.1) is 11.3 Å². The van der Waals surface area contributed by atoms with Crippen LogP contribution in [0.3, 0.4) is 0 Å². The molecule has 0 heterocycles. The van der Waals surface area contributed by atoms with Gasteiger partial charge < -0.3 is 0 Å². The maximum absolute atomic E-state index is 13.7. The van der Waals surface area contributed by atoms with Crippen molar-refractivity contribution in [1.29, 1.82) is 0 Å². The Balaban J connectivity index is 2.15. The fraction of sp³-hybridized carbons (Fsp3) is 0.250. The van der Waals surface area contributed by atoms with E-state index in [1.165, 1.54) is 0 Å². The van der Waals surface area contributed by atoms with E-state index in [0.29, 0.717) is 17.5 Å². The van der Waals surface area contributed by atoms with E-state index in [2.05, 4.69) is 6.92 Å². The molecule has 132 valence electrons. The molecule has 0 saturated carbocycles. The second kappa shape index (κ2) is 8.09. The minimum Gasteiger partial charge on any atom is -0.293 e. The summed E-state index contributed by atoms with van der Waals surface area (Å²) in [6, 6.07) is 18.4. The van der Waals surface area contributed by atoms with E-state index in [1.807, 2.05) is 85.0 Å². The SMILES string of the molecule is CCCCC(C(=O)c1ccccc1)(C(=O)c1ccccc1)C1C=CC=C1. The average Bonchev–Trinajstić information content (AvgIpc) is 3.24. The first-order valence-corrected chi connectivity index (χ1v) is 9.25. The molecule has 0 aromatic heterocycles. The van der Waals surface area contributed by atoms with Crippen molar-refractivity contribution in [2.45, 2.75) is 26.2 Å².